The van der Waals surface area contributed by atoms with Gasteiger partial charge >= 0.3 is 11.9 Å². The van der Waals surface area contributed by atoms with Crippen LogP contribution in [-0.2, 0) is 9.59 Å². The lowest BCUT2D eigenvalue weighted by Crippen LogP contribution is -2.46. The van der Waals surface area contributed by atoms with Gasteiger partial charge in [0.05, 0.1) is 18.8 Å². The van der Waals surface area contributed by atoms with Gasteiger partial charge in [0, 0.05) is 19.7 Å². The topological polar surface area (TPSA) is 111 Å². The minimum atomic E-state index is -1.82. The van der Waals surface area contributed by atoms with E-state index in [0.717, 1.165) is 24.6 Å². The van der Waals surface area contributed by atoms with Gasteiger partial charge in [0.25, 0.3) is 0 Å². The SMILES string of the molecule is CN1CC(C2=NCCN2)Oc2ccc(F)cc21.O=C(O)C(=O)O. The Morgan fingerprint density at radius 2 is 2.09 bits per heavy atom. The molecule has 3 N–H and O–H groups in total. The molecular weight excluding hydrogens is 309 g/mol. The number of aliphatic carboxylic acids is 2. The van der Waals surface area contributed by atoms with Gasteiger partial charge in [0.15, 0.2) is 6.10 Å². The van der Waals surface area contributed by atoms with Crippen LogP contribution in [-0.4, -0.2) is 60.8 Å². The van der Waals surface area contributed by atoms with E-state index in [1.807, 2.05) is 11.9 Å². The second-order valence-electron chi connectivity index (χ2n) is 4.90. The average molecular weight is 325 g/mol. The van der Waals surface area contributed by atoms with Gasteiger partial charge in [-0.1, -0.05) is 0 Å². The number of carboxylic acids is 2. The number of anilines is 1. The van der Waals surface area contributed by atoms with Crippen LogP contribution in [0.5, 0.6) is 5.75 Å². The highest BCUT2D eigenvalue weighted by atomic mass is 19.1. The zero-order valence-electron chi connectivity index (χ0n) is 12.3. The van der Waals surface area contributed by atoms with E-state index in [4.69, 9.17) is 24.5 Å². The van der Waals surface area contributed by atoms with E-state index in [-0.39, 0.29) is 11.9 Å². The van der Waals surface area contributed by atoms with Crippen molar-refractivity contribution in [3.63, 3.8) is 0 Å². The molecule has 1 unspecified atom stereocenters. The lowest BCUT2D eigenvalue weighted by atomic mass is 10.2. The van der Waals surface area contributed by atoms with Crippen LogP contribution in [0.2, 0.25) is 0 Å². The molecule has 2 aliphatic heterocycles. The molecule has 0 saturated carbocycles. The van der Waals surface area contributed by atoms with Crippen molar-refractivity contribution in [2.75, 3.05) is 31.6 Å². The van der Waals surface area contributed by atoms with E-state index >= 15 is 0 Å². The van der Waals surface area contributed by atoms with Crippen molar-refractivity contribution in [3.8, 4) is 5.75 Å². The molecule has 0 spiro atoms. The van der Waals surface area contributed by atoms with Crippen LogP contribution < -0.4 is 15.0 Å². The van der Waals surface area contributed by atoms with E-state index in [9.17, 15) is 4.39 Å². The molecule has 2 aliphatic rings. The zero-order chi connectivity index (χ0) is 17.0. The van der Waals surface area contributed by atoms with Gasteiger partial charge in [-0.2, -0.15) is 0 Å². The van der Waals surface area contributed by atoms with Crippen molar-refractivity contribution < 1.29 is 28.9 Å². The van der Waals surface area contributed by atoms with Crippen LogP contribution in [0.3, 0.4) is 0 Å². The minimum absolute atomic E-state index is 0.0829. The van der Waals surface area contributed by atoms with Crippen molar-refractivity contribution in [1.82, 2.24) is 5.32 Å². The highest BCUT2D eigenvalue weighted by Gasteiger charge is 2.28. The number of carboxylic acid groups (broad SMARTS) is 2. The van der Waals surface area contributed by atoms with E-state index < -0.39 is 11.9 Å². The Bertz CT molecular complexity index is 637. The minimum Gasteiger partial charge on any atom is -0.478 e. The molecule has 2 heterocycles. The molecule has 0 saturated heterocycles. The fraction of sp³-hybridized carbons (Fsp3) is 0.357. The average Bonchev–Trinajstić information content (AvgIpc) is 3.02. The number of likely N-dealkylation sites (N-methyl/N-ethyl adjacent to an activating group) is 1. The molecule has 1 atom stereocenters. The summed E-state index contributed by atoms with van der Waals surface area (Å²) in [5, 5.41) is 18.0. The standard InChI is InChI=1S/C12H14FN3O.C2H2O4/c1-16-7-11(12-14-4-5-15-12)17-10-3-2-8(13)6-9(10)16;3-1(4)2(5)6/h2-3,6,11H,4-5,7H2,1H3,(H,14,15);(H,3,4)(H,5,6). The highest BCUT2D eigenvalue weighted by molar-refractivity contribution is 6.27. The molecule has 0 radical (unpaired) electrons. The zero-order valence-corrected chi connectivity index (χ0v) is 12.3. The summed E-state index contributed by atoms with van der Waals surface area (Å²) < 4.78 is 19.0. The monoisotopic (exact) mass is 325 g/mol. The van der Waals surface area contributed by atoms with Crippen molar-refractivity contribution >= 4 is 23.5 Å². The van der Waals surface area contributed by atoms with Gasteiger partial charge in [-0.15, -0.1) is 0 Å². The van der Waals surface area contributed by atoms with Gasteiger partial charge in [-0.3, -0.25) is 4.99 Å². The number of ether oxygens (including phenoxy) is 1. The molecule has 1 aromatic rings. The third kappa shape index (κ3) is 4.09. The van der Waals surface area contributed by atoms with E-state index in [0.29, 0.717) is 12.3 Å². The first-order chi connectivity index (χ1) is 10.9. The first-order valence-corrected chi connectivity index (χ1v) is 6.80. The molecule has 8 nitrogen and oxygen atoms in total. The van der Waals surface area contributed by atoms with Gasteiger partial charge in [0.1, 0.15) is 17.4 Å². The number of fused-ring (bicyclic) bond motifs is 1. The number of amidine groups is 1. The van der Waals surface area contributed by atoms with E-state index in [2.05, 4.69) is 10.3 Å². The van der Waals surface area contributed by atoms with Gasteiger partial charge in [-0.25, -0.2) is 14.0 Å². The summed E-state index contributed by atoms with van der Waals surface area (Å²) >= 11 is 0. The summed E-state index contributed by atoms with van der Waals surface area (Å²) in [6, 6.07) is 4.58. The molecule has 9 heteroatoms. The van der Waals surface area contributed by atoms with Gasteiger partial charge in [0.2, 0.25) is 0 Å². The van der Waals surface area contributed by atoms with Crippen LogP contribution in [0.4, 0.5) is 10.1 Å². The Morgan fingerprint density at radius 3 is 2.65 bits per heavy atom. The third-order valence-corrected chi connectivity index (χ3v) is 3.23. The van der Waals surface area contributed by atoms with Crippen LogP contribution in [0, 0.1) is 5.82 Å². The summed E-state index contributed by atoms with van der Waals surface area (Å²) in [7, 11) is 1.93. The van der Waals surface area contributed by atoms with Crippen molar-refractivity contribution in [2.45, 2.75) is 6.10 Å². The smallest absolute Gasteiger partial charge is 0.414 e. The van der Waals surface area contributed by atoms with Crippen LogP contribution >= 0.6 is 0 Å². The predicted molar refractivity (Wildman–Crippen MR) is 79.7 cm³/mol. The second kappa shape index (κ2) is 6.95. The number of hydrogen-bond donors (Lipinski definition) is 3. The summed E-state index contributed by atoms with van der Waals surface area (Å²) in [6.07, 6.45) is -0.0829. The van der Waals surface area contributed by atoms with Crippen LogP contribution in [0.1, 0.15) is 0 Å². The molecule has 0 bridgehead atoms. The Hall–Kier alpha value is -2.84. The van der Waals surface area contributed by atoms with Gasteiger partial charge in [-0.05, 0) is 12.1 Å². The molecule has 1 aromatic carbocycles. The Morgan fingerprint density at radius 1 is 1.39 bits per heavy atom. The van der Waals surface area contributed by atoms with Crippen molar-refractivity contribution in [2.24, 2.45) is 4.99 Å². The molecule has 3 rings (SSSR count). The summed E-state index contributed by atoms with van der Waals surface area (Å²) in [5.74, 6) is -2.28. The lowest BCUT2D eigenvalue weighted by molar-refractivity contribution is -0.159. The molecule has 124 valence electrons. The molecule has 0 aliphatic carbocycles. The van der Waals surface area contributed by atoms with E-state index in [1.165, 1.54) is 12.1 Å². The van der Waals surface area contributed by atoms with E-state index in [1.54, 1.807) is 6.07 Å². The van der Waals surface area contributed by atoms with Crippen molar-refractivity contribution in [3.05, 3.63) is 24.0 Å². The second-order valence-corrected chi connectivity index (χ2v) is 4.90. The molecule has 23 heavy (non-hydrogen) atoms. The Labute approximate surface area is 131 Å². The number of nitrogens with one attached hydrogen (secondary N) is 1. The molecule has 0 fully saturated rings. The van der Waals surface area contributed by atoms with Crippen molar-refractivity contribution in [1.29, 1.82) is 0 Å². The number of aliphatic imine (C=N–C) groups is 1. The van der Waals surface area contributed by atoms with Gasteiger partial charge < -0.3 is 25.2 Å². The maximum absolute atomic E-state index is 13.1. The van der Waals surface area contributed by atoms with Crippen LogP contribution in [0.15, 0.2) is 23.2 Å². The number of carbonyl (C=O) groups is 2. The first kappa shape index (κ1) is 16.5. The largest absolute Gasteiger partial charge is 0.478 e. The number of rotatable bonds is 1. The first-order valence-electron chi connectivity index (χ1n) is 6.80. The Balaban J connectivity index is 0.000000277. The molecule has 0 aromatic heterocycles. The summed E-state index contributed by atoms with van der Waals surface area (Å²) in [6.45, 7) is 2.35. The summed E-state index contributed by atoms with van der Waals surface area (Å²) in [4.78, 5) is 24.6. The fourth-order valence-electron chi connectivity index (χ4n) is 2.20. The van der Waals surface area contributed by atoms with Crippen LogP contribution in [0.25, 0.3) is 0 Å². The number of halogens is 1. The fourth-order valence-corrected chi connectivity index (χ4v) is 2.20. The maximum atomic E-state index is 13.1. The lowest BCUT2D eigenvalue weighted by Gasteiger charge is -2.33. The normalized spacial score (nSPS) is 18.6. The maximum Gasteiger partial charge on any atom is 0.414 e. The third-order valence-electron chi connectivity index (χ3n) is 3.23. The quantitative estimate of drug-likeness (QED) is 0.632. The highest BCUT2D eigenvalue weighted by Crippen LogP contribution is 2.33. The predicted octanol–water partition coefficient (Wildman–Crippen LogP) is 0.180. The number of hydrogen-bond acceptors (Lipinski definition) is 6. The summed E-state index contributed by atoms with van der Waals surface area (Å²) in [5.41, 5.74) is 0.792. The number of benzene rings is 1. The molecular formula is C14H16FN3O5. The number of nitrogens with zero attached hydrogens (tertiary/aromatic N) is 2. The Kier molecular flexibility index (Phi) is 4.99. The molecule has 0 amide bonds.